The van der Waals surface area contributed by atoms with E-state index in [-0.39, 0.29) is 11.8 Å². The third kappa shape index (κ3) is 2.68. The van der Waals surface area contributed by atoms with Crippen LogP contribution in [-0.4, -0.2) is 15.6 Å². The molecule has 0 saturated carbocycles. The molecule has 0 amide bonds. The first-order chi connectivity index (χ1) is 13.6. The second kappa shape index (κ2) is 6.64. The first-order valence-corrected chi connectivity index (χ1v) is 9.94. The van der Waals surface area contributed by atoms with Crippen molar-refractivity contribution in [2.24, 2.45) is 0 Å². The fourth-order valence-electron chi connectivity index (χ4n) is 4.34. The topological polar surface area (TPSA) is 46.9 Å². The van der Waals surface area contributed by atoms with Gasteiger partial charge in [-0.2, -0.15) is 5.10 Å². The van der Waals surface area contributed by atoms with E-state index in [1.54, 1.807) is 0 Å². The maximum absolute atomic E-state index is 12.9. The van der Waals surface area contributed by atoms with E-state index in [0.29, 0.717) is 11.4 Å². The number of Topliss-reactive ketones (excluding diaryl/α,β-unsaturated/α-hetero) is 1. The molecular weight excluding hydrogens is 370 g/mol. The molecule has 1 N–H and O–H groups in total. The molecule has 4 nitrogen and oxygen atoms in total. The molecule has 1 atom stereocenters. The summed E-state index contributed by atoms with van der Waals surface area (Å²) in [4.78, 5) is 12.9. The van der Waals surface area contributed by atoms with Gasteiger partial charge in [-0.15, -0.1) is 0 Å². The highest BCUT2D eigenvalue weighted by molar-refractivity contribution is 6.30. The number of fused-ring (bicyclic) bond motifs is 1. The maximum Gasteiger partial charge on any atom is 0.163 e. The summed E-state index contributed by atoms with van der Waals surface area (Å²) >= 11 is 6.09. The SMILES string of the molecule is Cc1nn2c(c1-c1ccc(Cl)cc1)NC1=C(C(=O)CCC1)[C@@H]2c1ccccc1. The van der Waals surface area contributed by atoms with E-state index < -0.39 is 0 Å². The number of rotatable bonds is 2. The van der Waals surface area contributed by atoms with Gasteiger partial charge in [-0.1, -0.05) is 54.1 Å². The Balaban J connectivity index is 1.74. The number of allylic oxidation sites excluding steroid dienone is 2. The van der Waals surface area contributed by atoms with Gasteiger partial charge in [0.05, 0.1) is 5.69 Å². The van der Waals surface area contributed by atoms with Crippen LogP contribution < -0.4 is 5.32 Å². The van der Waals surface area contributed by atoms with Crippen molar-refractivity contribution in [2.45, 2.75) is 32.2 Å². The molecule has 0 fully saturated rings. The quantitative estimate of drug-likeness (QED) is 0.626. The van der Waals surface area contributed by atoms with Crippen LogP contribution in [0.1, 0.15) is 36.6 Å². The predicted octanol–water partition coefficient (Wildman–Crippen LogP) is 5.53. The van der Waals surface area contributed by atoms with Crippen molar-refractivity contribution in [3.63, 3.8) is 0 Å². The van der Waals surface area contributed by atoms with Gasteiger partial charge < -0.3 is 5.32 Å². The van der Waals surface area contributed by atoms with Gasteiger partial charge in [-0.3, -0.25) is 4.79 Å². The zero-order valence-corrected chi connectivity index (χ0v) is 16.3. The molecule has 2 aliphatic rings. The van der Waals surface area contributed by atoms with Crippen LogP contribution in [-0.2, 0) is 4.79 Å². The van der Waals surface area contributed by atoms with Crippen molar-refractivity contribution in [1.82, 2.24) is 9.78 Å². The van der Waals surface area contributed by atoms with Crippen LogP contribution in [0, 0.1) is 6.92 Å². The van der Waals surface area contributed by atoms with Crippen LogP contribution in [0.25, 0.3) is 11.1 Å². The second-order valence-corrected chi connectivity index (χ2v) is 7.80. The minimum atomic E-state index is -0.194. The van der Waals surface area contributed by atoms with Gasteiger partial charge in [0.15, 0.2) is 5.78 Å². The summed E-state index contributed by atoms with van der Waals surface area (Å²) in [6, 6.07) is 17.8. The number of benzene rings is 2. The molecule has 5 rings (SSSR count). The highest BCUT2D eigenvalue weighted by atomic mass is 35.5. The number of nitrogens with zero attached hydrogens (tertiary/aromatic N) is 2. The largest absolute Gasteiger partial charge is 0.343 e. The summed E-state index contributed by atoms with van der Waals surface area (Å²) in [7, 11) is 0. The summed E-state index contributed by atoms with van der Waals surface area (Å²) in [5.41, 5.74) is 6.02. The standard InChI is InChI=1S/C23H20ClN3O/c1-14-20(15-10-12-17(24)13-11-15)23-25-18-8-5-9-19(28)21(18)22(27(23)26-14)16-6-3-2-4-7-16/h2-4,6-7,10-13,22,25H,5,8-9H2,1H3/t22-/m0/s1. The van der Waals surface area contributed by atoms with Gasteiger partial charge in [0, 0.05) is 28.3 Å². The van der Waals surface area contributed by atoms with E-state index in [0.717, 1.165) is 52.3 Å². The summed E-state index contributed by atoms with van der Waals surface area (Å²) in [6.45, 7) is 2.01. The number of nitrogens with one attached hydrogen (secondary N) is 1. The van der Waals surface area contributed by atoms with Crippen LogP contribution in [0.2, 0.25) is 5.02 Å². The molecule has 28 heavy (non-hydrogen) atoms. The molecule has 0 radical (unpaired) electrons. The van der Waals surface area contributed by atoms with Crippen molar-refractivity contribution in [1.29, 1.82) is 0 Å². The van der Waals surface area contributed by atoms with Gasteiger partial charge in [-0.25, -0.2) is 4.68 Å². The molecular formula is C23H20ClN3O. The van der Waals surface area contributed by atoms with Gasteiger partial charge in [0.1, 0.15) is 11.9 Å². The Hall–Kier alpha value is -2.85. The van der Waals surface area contributed by atoms with E-state index in [4.69, 9.17) is 16.7 Å². The van der Waals surface area contributed by atoms with E-state index in [1.165, 1.54) is 0 Å². The lowest BCUT2D eigenvalue weighted by Crippen LogP contribution is -2.31. The molecule has 2 heterocycles. The fraction of sp³-hybridized carbons (Fsp3) is 0.217. The summed E-state index contributed by atoms with van der Waals surface area (Å²) in [5, 5.41) is 9.13. The van der Waals surface area contributed by atoms with E-state index in [1.807, 2.05) is 54.1 Å². The average molecular weight is 390 g/mol. The zero-order chi connectivity index (χ0) is 19.3. The third-order valence-electron chi connectivity index (χ3n) is 5.58. The lowest BCUT2D eigenvalue weighted by Gasteiger charge is -2.33. The molecule has 1 aromatic heterocycles. The number of hydrogen-bond acceptors (Lipinski definition) is 3. The van der Waals surface area contributed by atoms with Crippen molar-refractivity contribution in [2.75, 3.05) is 5.32 Å². The highest BCUT2D eigenvalue weighted by Gasteiger charge is 2.37. The number of carbonyl (C=O) groups is 1. The fourth-order valence-corrected chi connectivity index (χ4v) is 4.46. The first kappa shape index (κ1) is 17.3. The van der Waals surface area contributed by atoms with Crippen LogP contribution in [0.5, 0.6) is 0 Å². The molecule has 0 bridgehead atoms. The summed E-state index contributed by atoms with van der Waals surface area (Å²) < 4.78 is 1.98. The molecule has 0 spiro atoms. The summed E-state index contributed by atoms with van der Waals surface area (Å²) in [5.74, 6) is 1.16. The number of aryl methyl sites for hydroxylation is 1. The number of hydrogen-bond donors (Lipinski definition) is 1. The van der Waals surface area contributed by atoms with Crippen LogP contribution in [0.3, 0.4) is 0 Å². The van der Waals surface area contributed by atoms with Crippen molar-refractivity contribution in [3.05, 3.63) is 82.1 Å². The average Bonchev–Trinajstić information content (AvgIpc) is 3.03. The summed E-state index contributed by atoms with van der Waals surface area (Å²) in [6.07, 6.45) is 2.37. The number of ketones is 1. The third-order valence-corrected chi connectivity index (χ3v) is 5.83. The van der Waals surface area contributed by atoms with E-state index in [2.05, 4.69) is 17.4 Å². The maximum atomic E-state index is 12.9. The Bertz CT molecular complexity index is 1100. The first-order valence-electron chi connectivity index (χ1n) is 9.57. The van der Waals surface area contributed by atoms with Gasteiger partial charge in [-0.05, 0) is 43.0 Å². The lowest BCUT2D eigenvalue weighted by atomic mass is 9.85. The Kier molecular flexibility index (Phi) is 4.09. The van der Waals surface area contributed by atoms with Gasteiger partial charge in [0.2, 0.25) is 0 Å². The molecule has 0 unspecified atom stereocenters. The number of halogens is 1. The van der Waals surface area contributed by atoms with Crippen molar-refractivity contribution < 1.29 is 4.79 Å². The minimum Gasteiger partial charge on any atom is -0.343 e. The van der Waals surface area contributed by atoms with Crippen LogP contribution >= 0.6 is 11.6 Å². The Morgan fingerprint density at radius 1 is 1.07 bits per heavy atom. The highest BCUT2D eigenvalue weighted by Crippen LogP contribution is 2.44. The molecule has 2 aromatic carbocycles. The van der Waals surface area contributed by atoms with Gasteiger partial charge in [0.25, 0.3) is 0 Å². The van der Waals surface area contributed by atoms with E-state index in [9.17, 15) is 4.79 Å². The second-order valence-electron chi connectivity index (χ2n) is 7.37. The molecule has 1 aliphatic heterocycles. The monoisotopic (exact) mass is 389 g/mol. The Labute approximate surface area is 168 Å². The van der Waals surface area contributed by atoms with E-state index >= 15 is 0 Å². The minimum absolute atomic E-state index is 0.194. The Morgan fingerprint density at radius 2 is 1.82 bits per heavy atom. The van der Waals surface area contributed by atoms with Crippen LogP contribution in [0.15, 0.2) is 65.9 Å². The number of carbonyl (C=O) groups excluding carboxylic acids is 1. The number of anilines is 1. The molecule has 3 aromatic rings. The molecule has 1 aliphatic carbocycles. The predicted molar refractivity (Wildman–Crippen MR) is 111 cm³/mol. The molecule has 5 heteroatoms. The van der Waals surface area contributed by atoms with Crippen molar-refractivity contribution >= 4 is 23.2 Å². The molecule has 140 valence electrons. The van der Waals surface area contributed by atoms with Gasteiger partial charge >= 0.3 is 0 Å². The number of aromatic nitrogens is 2. The Morgan fingerprint density at radius 3 is 2.57 bits per heavy atom. The normalized spacial score (nSPS) is 18.5. The van der Waals surface area contributed by atoms with Crippen molar-refractivity contribution in [3.8, 4) is 11.1 Å². The smallest absolute Gasteiger partial charge is 0.163 e. The molecule has 0 saturated heterocycles. The zero-order valence-electron chi connectivity index (χ0n) is 15.6. The lowest BCUT2D eigenvalue weighted by molar-refractivity contribution is -0.116. The van der Waals surface area contributed by atoms with Crippen LogP contribution in [0.4, 0.5) is 5.82 Å².